The summed E-state index contributed by atoms with van der Waals surface area (Å²) in [4.78, 5) is 17.3. The van der Waals surface area contributed by atoms with Crippen LogP contribution in [0.1, 0.15) is 20.3 Å². The fraction of sp³-hybridized carbons (Fsp3) is 0.818. The molecule has 0 aromatic carbocycles. The van der Waals surface area contributed by atoms with Crippen molar-refractivity contribution in [1.82, 2.24) is 10.2 Å². The number of amidine groups is 1. The third-order valence-corrected chi connectivity index (χ3v) is 3.98. The van der Waals surface area contributed by atoms with Crippen LogP contribution in [0.5, 0.6) is 0 Å². The van der Waals surface area contributed by atoms with E-state index in [1.54, 1.807) is 30.8 Å². The van der Waals surface area contributed by atoms with E-state index < -0.39 is 0 Å². The predicted molar refractivity (Wildman–Crippen MR) is 69.8 cm³/mol. The van der Waals surface area contributed by atoms with Crippen molar-refractivity contribution >= 4 is 22.8 Å². The van der Waals surface area contributed by atoms with Gasteiger partial charge in [-0.3, -0.25) is 9.79 Å². The van der Waals surface area contributed by atoms with Crippen LogP contribution in [0.25, 0.3) is 0 Å². The number of hydrogen-bond donors (Lipinski definition) is 1. The lowest BCUT2D eigenvalue weighted by Crippen LogP contribution is -2.41. The molecule has 5 heteroatoms. The Hall–Kier alpha value is -0.710. The number of nitrogens with one attached hydrogen (secondary N) is 1. The molecule has 2 unspecified atom stereocenters. The zero-order valence-electron chi connectivity index (χ0n) is 10.5. The van der Waals surface area contributed by atoms with E-state index in [9.17, 15) is 4.79 Å². The second kappa shape index (κ2) is 6.13. The largest absolute Gasteiger partial charge is 0.362 e. The van der Waals surface area contributed by atoms with E-state index in [1.165, 1.54) is 0 Å². The summed E-state index contributed by atoms with van der Waals surface area (Å²) in [6.45, 7) is 4.98. The number of carbonyl (C=O) groups excluding carboxylic acids is 1. The van der Waals surface area contributed by atoms with E-state index in [0.717, 1.165) is 10.9 Å². The Morgan fingerprint density at radius 2 is 2.25 bits per heavy atom. The predicted octanol–water partition coefficient (Wildman–Crippen LogP) is 1.18. The molecule has 92 valence electrons. The molecule has 0 aromatic rings. The topological polar surface area (TPSA) is 44.7 Å². The maximum absolute atomic E-state index is 11.3. The average Bonchev–Trinajstić information content (AvgIpc) is 2.23. The molecule has 0 radical (unpaired) electrons. The van der Waals surface area contributed by atoms with Gasteiger partial charge in [0.15, 0.2) is 5.17 Å². The Balaban J connectivity index is 2.33. The highest BCUT2D eigenvalue weighted by molar-refractivity contribution is 8.13. The monoisotopic (exact) mass is 243 g/mol. The van der Waals surface area contributed by atoms with Gasteiger partial charge >= 0.3 is 0 Å². The summed E-state index contributed by atoms with van der Waals surface area (Å²) in [6, 6.07) is 0.476. The van der Waals surface area contributed by atoms with Gasteiger partial charge in [-0.1, -0.05) is 18.7 Å². The summed E-state index contributed by atoms with van der Waals surface area (Å²) < 4.78 is 0. The van der Waals surface area contributed by atoms with Crippen molar-refractivity contribution in [2.45, 2.75) is 26.3 Å². The van der Waals surface area contributed by atoms with Gasteiger partial charge in [0.1, 0.15) is 0 Å². The lowest BCUT2D eigenvalue weighted by atomic mass is 10.1. The van der Waals surface area contributed by atoms with Gasteiger partial charge in [0.25, 0.3) is 0 Å². The Morgan fingerprint density at radius 3 is 2.81 bits per heavy atom. The fourth-order valence-electron chi connectivity index (χ4n) is 1.30. The van der Waals surface area contributed by atoms with E-state index in [0.29, 0.717) is 24.9 Å². The first kappa shape index (κ1) is 13.4. The first-order valence-corrected chi connectivity index (χ1v) is 6.63. The Kier molecular flexibility index (Phi) is 5.12. The number of aliphatic imine (C=N–C) groups is 1. The molecule has 16 heavy (non-hydrogen) atoms. The van der Waals surface area contributed by atoms with E-state index in [1.807, 2.05) is 0 Å². The van der Waals surface area contributed by atoms with Crippen molar-refractivity contribution in [3.05, 3.63) is 0 Å². The van der Waals surface area contributed by atoms with E-state index >= 15 is 0 Å². The second-order valence-electron chi connectivity index (χ2n) is 4.45. The molecular weight excluding hydrogens is 222 g/mol. The molecular formula is C11H21N3OS. The van der Waals surface area contributed by atoms with E-state index in [4.69, 9.17) is 0 Å². The number of carbonyl (C=O) groups is 1. The number of rotatable bonds is 3. The molecule has 2 atom stereocenters. The smallest absolute Gasteiger partial charge is 0.223 e. The standard InChI is InChI=1S/C11H21N3OS/c1-8-7-16-11(13-9(8)2)12-6-5-10(15)14(3)4/h8-9H,5-7H2,1-4H3,(H,12,13). The van der Waals surface area contributed by atoms with Gasteiger partial charge in [-0.2, -0.15) is 0 Å². The van der Waals surface area contributed by atoms with Gasteiger partial charge < -0.3 is 10.2 Å². The first-order valence-electron chi connectivity index (χ1n) is 5.64. The molecule has 0 spiro atoms. The van der Waals surface area contributed by atoms with Crippen molar-refractivity contribution in [3.8, 4) is 0 Å². The Bertz CT molecular complexity index is 278. The third kappa shape index (κ3) is 4.04. The summed E-state index contributed by atoms with van der Waals surface area (Å²) in [5, 5.41) is 4.34. The SMILES string of the molecule is CC1CSC(=NCCC(=O)N(C)C)NC1C. The van der Waals surface area contributed by atoms with E-state index in [-0.39, 0.29) is 5.91 Å². The van der Waals surface area contributed by atoms with Gasteiger partial charge in [0.2, 0.25) is 5.91 Å². The van der Waals surface area contributed by atoms with Gasteiger partial charge in [-0.15, -0.1) is 0 Å². The van der Waals surface area contributed by atoms with Crippen LogP contribution < -0.4 is 5.32 Å². The zero-order valence-corrected chi connectivity index (χ0v) is 11.3. The van der Waals surface area contributed by atoms with E-state index in [2.05, 4.69) is 24.2 Å². The lowest BCUT2D eigenvalue weighted by molar-refractivity contribution is -0.128. The average molecular weight is 243 g/mol. The third-order valence-electron chi connectivity index (χ3n) is 2.77. The summed E-state index contributed by atoms with van der Waals surface area (Å²) in [5.41, 5.74) is 0. The minimum absolute atomic E-state index is 0.131. The van der Waals surface area contributed by atoms with Crippen molar-refractivity contribution in [2.24, 2.45) is 10.9 Å². The van der Waals surface area contributed by atoms with Crippen LogP contribution in [0.15, 0.2) is 4.99 Å². The van der Waals surface area contributed by atoms with Gasteiger partial charge in [-0.05, 0) is 12.8 Å². The summed E-state index contributed by atoms with van der Waals surface area (Å²) in [7, 11) is 3.54. The lowest BCUT2D eigenvalue weighted by Gasteiger charge is -2.28. The van der Waals surface area contributed by atoms with Crippen LogP contribution >= 0.6 is 11.8 Å². The van der Waals surface area contributed by atoms with Crippen molar-refractivity contribution < 1.29 is 4.79 Å². The minimum Gasteiger partial charge on any atom is -0.362 e. The summed E-state index contributed by atoms with van der Waals surface area (Å²) >= 11 is 1.75. The summed E-state index contributed by atoms with van der Waals surface area (Å²) in [6.07, 6.45) is 0.489. The number of thioether (sulfide) groups is 1. The van der Waals surface area contributed by atoms with Crippen LogP contribution in [-0.2, 0) is 4.79 Å². The van der Waals surface area contributed by atoms with Gasteiger partial charge in [0, 0.05) is 32.3 Å². The number of amides is 1. The Morgan fingerprint density at radius 1 is 1.56 bits per heavy atom. The van der Waals surface area contributed by atoms with Gasteiger partial charge in [0.05, 0.1) is 6.54 Å². The quantitative estimate of drug-likeness (QED) is 0.809. The number of nitrogens with zero attached hydrogens (tertiary/aromatic N) is 2. The van der Waals surface area contributed by atoms with Crippen LogP contribution in [0, 0.1) is 5.92 Å². The second-order valence-corrected chi connectivity index (χ2v) is 5.46. The molecule has 1 saturated heterocycles. The molecule has 4 nitrogen and oxygen atoms in total. The van der Waals surface area contributed by atoms with Crippen LogP contribution in [0.3, 0.4) is 0 Å². The highest BCUT2D eigenvalue weighted by Crippen LogP contribution is 2.19. The molecule has 1 aliphatic rings. The van der Waals surface area contributed by atoms with Crippen molar-refractivity contribution in [1.29, 1.82) is 0 Å². The molecule has 1 aliphatic heterocycles. The maximum atomic E-state index is 11.3. The molecule has 1 heterocycles. The van der Waals surface area contributed by atoms with Crippen molar-refractivity contribution in [2.75, 3.05) is 26.4 Å². The van der Waals surface area contributed by atoms with Crippen LogP contribution in [0.2, 0.25) is 0 Å². The fourth-order valence-corrected chi connectivity index (χ4v) is 2.46. The van der Waals surface area contributed by atoms with Crippen LogP contribution in [-0.4, -0.2) is 48.4 Å². The highest BCUT2D eigenvalue weighted by atomic mass is 32.2. The molecule has 1 N–H and O–H groups in total. The first-order chi connectivity index (χ1) is 7.50. The molecule has 0 bridgehead atoms. The molecule has 0 aromatic heterocycles. The maximum Gasteiger partial charge on any atom is 0.223 e. The zero-order chi connectivity index (χ0) is 12.1. The highest BCUT2D eigenvalue weighted by Gasteiger charge is 2.20. The molecule has 0 saturated carbocycles. The minimum atomic E-state index is 0.131. The molecule has 1 rings (SSSR count). The molecule has 1 fully saturated rings. The van der Waals surface area contributed by atoms with Gasteiger partial charge in [-0.25, -0.2) is 0 Å². The normalized spacial score (nSPS) is 27.6. The number of hydrogen-bond acceptors (Lipinski definition) is 3. The molecule has 1 amide bonds. The summed E-state index contributed by atoms with van der Waals surface area (Å²) in [5.74, 6) is 1.91. The molecule has 0 aliphatic carbocycles. The Labute approximate surface area is 102 Å². The van der Waals surface area contributed by atoms with Crippen molar-refractivity contribution in [3.63, 3.8) is 0 Å². The van der Waals surface area contributed by atoms with Crippen LogP contribution in [0.4, 0.5) is 0 Å².